The van der Waals surface area contributed by atoms with Crippen LogP contribution in [0.25, 0.3) is 0 Å². The van der Waals surface area contributed by atoms with Crippen LogP contribution in [0.3, 0.4) is 0 Å². The number of unbranched alkanes of at least 4 members (excludes halogenated alkanes) is 18. The van der Waals surface area contributed by atoms with Crippen LogP contribution in [0, 0.1) is 0 Å². The molecule has 0 heterocycles. The number of hydrogen-bond donors (Lipinski definition) is 0. The normalized spacial score (nSPS) is 11.7. The molecule has 0 aliphatic carbocycles. The van der Waals surface area contributed by atoms with E-state index in [-0.39, 0.29) is 5.97 Å². The molecule has 0 amide bonds. The molecule has 0 aliphatic heterocycles. The molecule has 208 valence electrons. The van der Waals surface area contributed by atoms with E-state index in [0.717, 1.165) is 25.9 Å². The largest absolute Gasteiger partial charge is 0.464 e. The molecule has 0 saturated heterocycles. The molecule has 0 aromatic heterocycles. The number of hydrogen-bond acceptors (Lipinski definition) is 3. The third-order valence-electron chi connectivity index (χ3n) is 6.96. The number of esters is 1. The Hall–Kier alpha value is -0.830. The molecule has 3 nitrogen and oxygen atoms in total. The van der Waals surface area contributed by atoms with Crippen LogP contribution in [0.4, 0.5) is 0 Å². The molecule has 0 bridgehead atoms. The third kappa shape index (κ3) is 27.6. The quantitative estimate of drug-likeness (QED) is 0.0616. The van der Waals surface area contributed by atoms with Crippen molar-refractivity contribution in [2.24, 2.45) is 0 Å². The van der Waals surface area contributed by atoms with Crippen molar-refractivity contribution in [3.05, 3.63) is 12.2 Å². The highest BCUT2D eigenvalue weighted by atomic mass is 16.5. The van der Waals surface area contributed by atoms with Crippen molar-refractivity contribution in [3.63, 3.8) is 0 Å². The van der Waals surface area contributed by atoms with Gasteiger partial charge in [0.1, 0.15) is 0 Å². The summed E-state index contributed by atoms with van der Waals surface area (Å²) in [7, 11) is 0. The van der Waals surface area contributed by atoms with Gasteiger partial charge in [-0.25, -0.2) is 0 Å². The van der Waals surface area contributed by atoms with Crippen LogP contribution in [0.1, 0.15) is 162 Å². The molecule has 0 radical (unpaired) electrons. The second-order valence-corrected chi connectivity index (χ2v) is 10.5. The third-order valence-corrected chi connectivity index (χ3v) is 6.96. The predicted octanol–water partition coefficient (Wildman–Crippen LogP) is 10.0. The Labute approximate surface area is 220 Å². The van der Waals surface area contributed by atoms with Crippen molar-refractivity contribution < 1.29 is 9.53 Å². The van der Waals surface area contributed by atoms with Gasteiger partial charge in [-0.1, -0.05) is 148 Å². The number of allylic oxidation sites excluding steroid dienone is 1. The Bertz CT molecular complexity index is 425. The van der Waals surface area contributed by atoms with Gasteiger partial charge in [-0.05, 0) is 38.8 Å². The molecule has 0 rings (SSSR count). The van der Waals surface area contributed by atoms with Gasteiger partial charge in [-0.3, -0.25) is 9.69 Å². The molecule has 0 atom stereocenters. The average molecular weight is 494 g/mol. The van der Waals surface area contributed by atoms with Gasteiger partial charge in [0.25, 0.3) is 0 Å². The highest BCUT2D eigenvalue weighted by molar-refractivity contribution is 5.71. The van der Waals surface area contributed by atoms with E-state index < -0.39 is 0 Å². The summed E-state index contributed by atoms with van der Waals surface area (Å²) >= 11 is 0. The van der Waals surface area contributed by atoms with Crippen LogP contribution in [-0.2, 0) is 9.53 Å². The Kier molecular flexibility index (Phi) is 28.7. The fraction of sp³-hybridized carbons (Fsp3) is 0.906. The SMILES string of the molecule is CC/C=C\CCOC(=O)CN(CCCCCCCCCCCC)CCCCCCCCCCCC. The van der Waals surface area contributed by atoms with E-state index in [4.69, 9.17) is 4.74 Å². The van der Waals surface area contributed by atoms with Crippen molar-refractivity contribution >= 4 is 5.97 Å². The molecule has 0 unspecified atom stereocenters. The lowest BCUT2D eigenvalue weighted by Crippen LogP contribution is -2.33. The van der Waals surface area contributed by atoms with Crippen LogP contribution in [0.2, 0.25) is 0 Å². The maximum absolute atomic E-state index is 12.4. The van der Waals surface area contributed by atoms with E-state index in [0.29, 0.717) is 13.2 Å². The van der Waals surface area contributed by atoms with E-state index in [1.165, 1.54) is 128 Å². The summed E-state index contributed by atoms with van der Waals surface area (Å²) in [5.41, 5.74) is 0. The summed E-state index contributed by atoms with van der Waals surface area (Å²) in [6, 6.07) is 0. The summed E-state index contributed by atoms with van der Waals surface area (Å²) in [4.78, 5) is 14.7. The van der Waals surface area contributed by atoms with Crippen molar-refractivity contribution in [1.82, 2.24) is 4.90 Å². The first kappa shape index (κ1) is 34.2. The summed E-state index contributed by atoms with van der Waals surface area (Å²) < 4.78 is 5.49. The minimum atomic E-state index is -0.0472. The molecule has 0 aromatic carbocycles. The lowest BCUT2D eigenvalue weighted by molar-refractivity contribution is -0.144. The smallest absolute Gasteiger partial charge is 0.320 e. The fourth-order valence-corrected chi connectivity index (χ4v) is 4.67. The molecule has 0 N–H and O–H groups in total. The molecule has 0 aromatic rings. The zero-order chi connectivity index (χ0) is 25.7. The lowest BCUT2D eigenvalue weighted by atomic mass is 10.1. The van der Waals surface area contributed by atoms with Gasteiger partial charge in [-0.2, -0.15) is 0 Å². The lowest BCUT2D eigenvalue weighted by Gasteiger charge is -2.21. The van der Waals surface area contributed by atoms with Gasteiger partial charge in [-0.15, -0.1) is 0 Å². The van der Waals surface area contributed by atoms with Gasteiger partial charge in [0, 0.05) is 0 Å². The molecule has 0 aliphatic rings. The van der Waals surface area contributed by atoms with Gasteiger partial charge in [0.2, 0.25) is 0 Å². The summed E-state index contributed by atoms with van der Waals surface area (Å²) in [5, 5.41) is 0. The Morgan fingerprint density at radius 2 is 0.971 bits per heavy atom. The summed E-state index contributed by atoms with van der Waals surface area (Å²) in [5.74, 6) is -0.0472. The molecule has 35 heavy (non-hydrogen) atoms. The van der Waals surface area contributed by atoms with Gasteiger partial charge in [0.15, 0.2) is 0 Å². The van der Waals surface area contributed by atoms with Crippen molar-refractivity contribution in [2.45, 2.75) is 162 Å². The average Bonchev–Trinajstić information content (AvgIpc) is 2.86. The highest BCUT2D eigenvalue weighted by Gasteiger charge is 2.11. The topological polar surface area (TPSA) is 29.5 Å². The van der Waals surface area contributed by atoms with E-state index in [1.54, 1.807) is 0 Å². The predicted molar refractivity (Wildman–Crippen MR) is 155 cm³/mol. The minimum Gasteiger partial charge on any atom is -0.464 e. The zero-order valence-electron chi connectivity index (χ0n) is 24.3. The van der Waals surface area contributed by atoms with E-state index in [2.05, 4.69) is 37.8 Å². The highest BCUT2D eigenvalue weighted by Crippen LogP contribution is 2.13. The number of rotatable bonds is 28. The number of carbonyl (C=O) groups is 1. The van der Waals surface area contributed by atoms with Crippen LogP contribution in [0.5, 0.6) is 0 Å². The molecular weight excluding hydrogens is 430 g/mol. The van der Waals surface area contributed by atoms with Gasteiger partial charge < -0.3 is 4.74 Å². The number of carbonyl (C=O) groups excluding carboxylic acids is 1. The summed E-state index contributed by atoms with van der Waals surface area (Å²) in [6.45, 7) is 9.75. The number of ether oxygens (including phenoxy) is 1. The Morgan fingerprint density at radius 1 is 0.571 bits per heavy atom. The van der Waals surface area contributed by atoms with Crippen LogP contribution >= 0.6 is 0 Å². The van der Waals surface area contributed by atoms with Crippen LogP contribution in [-0.4, -0.2) is 37.1 Å². The molecule has 0 fully saturated rings. The second-order valence-electron chi connectivity index (χ2n) is 10.5. The molecule has 0 spiro atoms. The number of nitrogens with zero attached hydrogens (tertiary/aromatic N) is 1. The van der Waals surface area contributed by atoms with E-state index >= 15 is 0 Å². The Balaban J connectivity index is 4.02. The van der Waals surface area contributed by atoms with Crippen molar-refractivity contribution in [2.75, 3.05) is 26.2 Å². The first-order valence-corrected chi connectivity index (χ1v) is 15.8. The maximum atomic E-state index is 12.4. The minimum absolute atomic E-state index is 0.0472. The van der Waals surface area contributed by atoms with Crippen LogP contribution < -0.4 is 0 Å². The molecular formula is C32H63NO2. The van der Waals surface area contributed by atoms with Crippen LogP contribution in [0.15, 0.2) is 12.2 Å². The van der Waals surface area contributed by atoms with Gasteiger partial charge >= 0.3 is 5.97 Å². The van der Waals surface area contributed by atoms with Crippen molar-refractivity contribution in [3.8, 4) is 0 Å². The fourth-order valence-electron chi connectivity index (χ4n) is 4.67. The van der Waals surface area contributed by atoms with E-state index in [9.17, 15) is 4.79 Å². The van der Waals surface area contributed by atoms with E-state index in [1.807, 2.05) is 0 Å². The van der Waals surface area contributed by atoms with Gasteiger partial charge in [0.05, 0.1) is 13.2 Å². The zero-order valence-corrected chi connectivity index (χ0v) is 24.3. The summed E-state index contributed by atoms with van der Waals surface area (Å²) in [6.07, 6.45) is 33.3. The monoisotopic (exact) mass is 493 g/mol. The first-order valence-electron chi connectivity index (χ1n) is 15.8. The molecule has 0 saturated carbocycles. The molecule has 3 heteroatoms. The Morgan fingerprint density at radius 3 is 1.37 bits per heavy atom. The second kappa shape index (κ2) is 29.4. The maximum Gasteiger partial charge on any atom is 0.320 e. The first-order chi connectivity index (χ1) is 17.2. The standard InChI is InChI=1S/C32H63NO2/c1-4-7-10-13-15-17-19-21-23-25-28-33(31-32(34)35-30-27-12-9-6-3)29-26-24-22-20-18-16-14-11-8-5-2/h9,12H,4-8,10-11,13-31H2,1-3H3/b12-9-. The van der Waals surface area contributed by atoms with Crippen molar-refractivity contribution in [1.29, 1.82) is 0 Å².